The Kier molecular flexibility index (Phi) is 6.59. The molecular weight excluding hydrogens is 400 g/mol. The standard InChI is InChI=1S/C20H23ClN2O4S/c1-14-13-16(21)5-10-19(14)27-12-2-11-22-20(24)15-3-8-18(9-4-15)28(25,26)23-17-6-7-17/h3-5,8-10,13,17,23H,2,6-7,11-12H2,1H3,(H,22,24). The number of ether oxygens (including phenoxy) is 1. The number of carbonyl (C=O) groups excluding carboxylic acids is 1. The molecule has 3 rings (SSSR count). The molecule has 0 radical (unpaired) electrons. The lowest BCUT2D eigenvalue weighted by Gasteiger charge is -2.10. The van der Waals surface area contributed by atoms with Gasteiger partial charge in [0.1, 0.15) is 5.75 Å². The minimum atomic E-state index is -3.50. The van der Waals surface area contributed by atoms with Crippen LogP contribution in [0.2, 0.25) is 5.02 Å². The molecule has 2 aromatic carbocycles. The molecule has 2 N–H and O–H groups in total. The van der Waals surface area contributed by atoms with Gasteiger partial charge < -0.3 is 10.1 Å². The molecule has 1 aliphatic carbocycles. The quantitative estimate of drug-likeness (QED) is 0.607. The Hall–Kier alpha value is -2.09. The van der Waals surface area contributed by atoms with E-state index in [0.29, 0.717) is 30.2 Å². The molecule has 1 fully saturated rings. The summed E-state index contributed by atoms with van der Waals surface area (Å²) < 4.78 is 32.6. The lowest BCUT2D eigenvalue weighted by Crippen LogP contribution is -2.27. The number of sulfonamides is 1. The normalized spacial score (nSPS) is 13.9. The second kappa shape index (κ2) is 8.94. The highest BCUT2D eigenvalue weighted by atomic mass is 35.5. The number of hydrogen-bond acceptors (Lipinski definition) is 4. The van der Waals surface area contributed by atoms with Gasteiger partial charge in [-0.25, -0.2) is 13.1 Å². The highest BCUT2D eigenvalue weighted by Crippen LogP contribution is 2.23. The Morgan fingerprint density at radius 1 is 1.18 bits per heavy atom. The van der Waals surface area contributed by atoms with Gasteiger partial charge in [0.2, 0.25) is 10.0 Å². The van der Waals surface area contributed by atoms with Gasteiger partial charge in [0.25, 0.3) is 5.91 Å². The van der Waals surface area contributed by atoms with E-state index in [1.807, 2.05) is 19.1 Å². The fourth-order valence-electron chi connectivity index (χ4n) is 2.61. The van der Waals surface area contributed by atoms with E-state index in [4.69, 9.17) is 16.3 Å². The molecule has 0 bridgehead atoms. The van der Waals surface area contributed by atoms with E-state index < -0.39 is 10.0 Å². The minimum Gasteiger partial charge on any atom is -0.493 e. The number of carbonyl (C=O) groups is 1. The third kappa shape index (κ3) is 5.70. The molecule has 28 heavy (non-hydrogen) atoms. The van der Waals surface area contributed by atoms with Crippen LogP contribution in [0.3, 0.4) is 0 Å². The number of halogens is 1. The largest absolute Gasteiger partial charge is 0.493 e. The maximum absolute atomic E-state index is 12.2. The molecule has 0 saturated heterocycles. The number of hydrogen-bond donors (Lipinski definition) is 2. The highest BCUT2D eigenvalue weighted by molar-refractivity contribution is 7.89. The van der Waals surface area contributed by atoms with Gasteiger partial charge in [-0.05, 0) is 74.2 Å². The summed E-state index contributed by atoms with van der Waals surface area (Å²) in [4.78, 5) is 12.4. The zero-order valence-corrected chi connectivity index (χ0v) is 17.1. The summed E-state index contributed by atoms with van der Waals surface area (Å²) in [6.45, 7) is 2.84. The summed E-state index contributed by atoms with van der Waals surface area (Å²) in [5.41, 5.74) is 1.38. The average molecular weight is 423 g/mol. The van der Waals surface area contributed by atoms with Crippen LogP contribution in [-0.4, -0.2) is 33.5 Å². The van der Waals surface area contributed by atoms with Crippen LogP contribution >= 0.6 is 11.6 Å². The summed E-state index contributed by atoms with van der Waals surface area (Å²) >= 11 is 5.91. The van der Waals surface area contributed by atoms with Crippen LogP contribution in [0.25, 0.3) is 0 Å². The Labute approximate surface area is 170 Å². The van der Waals surface area contributed by atoms with Crippen LogP contribution in [0.15, 0.2) is 47.4 Å². The Morgan fingerprint density at radius 3 is 2.54 bits per heavy atom. The van der Waals surface area contributed by atoms with Crippen LogP contribution in [-0.2, 0) is 10.0 Å². The fourth-order valence-corrected chi connectivity index (χ4v) is 4.14. The van der Waals surface area contributed by atoms with Crippen molar-refractivity contribution in [1.29, 1.82) is 0 Å². The highest BCUT2D eigenvalue weighted by Gasteiger charge is 2.27. The summed E-state index contributed by atoms with van der Waals surface area (Å²) in [6, 6.07) is 11.4. The van der Waals surface area contributed by atoms with Gasteiger partial charge in [0.15, 0.2) is 0 Å². The van der Waals surface area contributed by atoms with Crippen LogP contribution < -0.4 is 14.8 Å². The van der Waals surface area contributed by atoms with Gasteiger partial charge >= 0.3 is 0 Å². The number of rotatable bonds is 9. The van der Waals surface area contributed by atoms with E-state index in [1.165, 1.54) is 24.3 Å². The molecule has 0 aromatic heterocycles. The Bertz CT molecular complexity index is 941. The fraction of sp³-hybridized carbons (Fsp3) is 0.350. The first-order valence-electron chi connectivity index (χ1n) is 9.15. The number of amides is 1. The number of benzene rings is 2. The van der Waals surface area contributed by atoms with Crippen LogP contribution in [0, 0.1) is 6.92 Å². The smallest absolute Gasteiger partial charge is 0.251 e. The molecule has 0 heterocycles. The Morgan fingerprint density at radius 2 is 1.89 bits per heavy atom. The van der Waals surface area contributed by atoms with Crippen molar-refractivity contribution >= 4 is 27.5 Å². The zero-order valence-electron chi connectivity index (χ0n) is 15.6. The summed E-state index contributed by atoms with van der Waals surface area (Å²) in [6.07, 6.45) is 2.40. The lowest BCUT2D eigenvalue weighted by atomic mass is 10.2. The van der Waals surface area contributed by atoms with E-state index in [9.17, 15) is 13.2 Å². The molecule has 1 aliphatic rings. The van der Waals surface area contributed by atoms with Gasteiger partial charge in [0, 0.05) is 23.2 Å². The minimum absolute atomic E-state index is 0.0480. The third-order valence-electron chi connectivity index (χ3n) is 4.33. The predicted molar refractivity (Wildman–Crippen MR) is 108 cm³/mol. The first kappa shape index (κ1) is 20.6. The number of aryl methyl sites for hydroxylation is 1. The summed E-state index contributed by atoms with van der Waals surface area (Å²) in [7, 11) is -3.50. The van der Waals surface area contributed by atoms with Gasteiger partial charge in [-0.1, -0.05) is 11.6 Å². The summed E-state index contributed by atoms with van der Waals surface area (Å²) in [5, 5.41) is 3.47. The second-order valence-corrected chi connectivity index (χ2v) is 8.94. The maximum Gasteiger partial charge on any atom is 0.251 e. The van der Waals surface area contributed by atoms with Crippen molar-refractivity contribution in [2.75, 3.05) is 13.2 Å². The molecule has 0 aliphatic heterocycles. The van der Waals surface area contributed by atoms with Crippen molar-refractivity contribution in [1.82, 2.24) is 10.0 Å². The zero-order chi connectivity index (χ0) is 20.1. The predicted octanol–water partition coefficient (Wildman–Crippen LogP) is 3.29. The van der Waals surface area contributed by atoms with Crippen molar-refractivity contribution in [2.24, 2.45) is 0 Å². The van der Waals surface area contributed by atoms with Gasteiger partial charge in [-0.15, -0.1) is 0 Å². The van der Waals surface area contributed by atoms with Crippen molar-refractivity contribution < 1.29 is 17.9 Å². The van der Waals surface area contributed by atoms with Crippen molar-refractivity contribution in [3.8, 4) is 5.75 Å². The van der Waals surface area contributed by atoms with E-state index >= 15 is 0 Å². The number of nitrogens with one attached hydrogen (secondary N) is 2. The molecular formula is C20H23ClN2O4S. The average Bonchev–Trinajstić information content (AvgIpc) is 3.46. The monoisotopic (exact) mass is 422 g/mol. The van der Waals surface area contributed by atoms with Crippen molar-refractivity contribution in [2.45, 2.75) is 37.1 Å². The molecule has 150 valence electrons. The SMILES string of the molecule is Cc1cc(Cl)ccc1OCCCNC(=O)c1ccc(S(=O)(=O)NC2CC2)cc1. The van der Waals surface area contributed by atoms with E-state index in [0.717, 1.165) is 24.2 Å². The molecule has 0 atom stereocenters. The second-order valence-electron chi connectivity index (χ2n) is 6.79. The first-order chi connectivity index (χ1) is 13.3. The molecule has 1 amide bonds. The van der Waals surface area contributed by atoms with Crippen LogP contribution in [0.4, 0.5) is 0 Å². The topological polar surface area (TPSA) is 84.5 Å². The maximum atomic E-state index is 12.2. The van der Waals surface area contributed by atoms with Crippen LogP contribution in [0.1, 0.15) is 35.2 Å². The van der Waals surface area contributed by atoms with Gasteiger partial charge in [-0.3, -0.25) is 4.79 Å². The molecule has 1 saturated carbocycles. The van der Waals surface area contributed by atoms with E-state index in [-0.39, 0.29) is 16.8 Å². The molecule has 2 aromatic rings. The van der Waals surface area contributed by atoms with Crippen molar-refractivity contribution in [3.05, 3.63) is 58.6 Å². The van der Waals surface area contributed by atoms with E-state index in [1.54, 1.807) is 6.07 Å². The molecule has 0 unspecified atom stereocenters. The van der Waals surface area contributed by atoms with E-state index in [2.05, 4.69) is 10.0 Å². The molecule has 8 heteroatoms. The first-order valence-corrected chi connectivity index (χ1v) is 11.0. The molecule has 0 spiro atoms. The third-order valence-corrected chi connectivity index (χ3v) is 6.10. The lowest BCUT2D eigenvalue weighted by molar-refractivity contribution is 0.0951. The van der Waals surface area contributed by atoms with Gasteiger partial charge in [0.05, 0.1) is 11.5 Å². The van der Waals surface area contributed by atoms with Gasteiger partial charge in [-0.2, -0.15) is 0 Å². The Balaban J connectivity index is 1.43. The van der Waals surface area contributed by atoms with Crippen LogP contribution in [0.5, 0.6) is 5.75 Å². The summed E-state index contributed by atoms with van der Waals surface area (Å²) in [5.74, 6) is 0.522. The van der Waals surface area contributed by atoms with Crippen molar-refractivity contribution in [3.63, 3.8) is 0 Å². The molecule has 6 nitrogen and oxygen atoms in total.